The molecule has 1 N–H and O–H groups in total. The predicted molar refractivity (Wildman–Crippen MR) is 111 cm³/mol. The number of hydrogen-bond donors (Lipinski definition) is 1. The number of hydrogen-bond acceptors (Lipinski definition) is 6. The van der Waals surface area contributed by atoms with Crippen molar-refractivity contribution in [3.63, 3.8) is 0 Å². The molecule has 2 amide bonds. The Labute approximate surface area is 170 Å². The van der Waals surface area contributed by atoms with Crippen molar-refractivity contribution in [1.29, 1.82) is 0 Å². The SMILES string of the molecule is O=CN1CCN(C(=O)c2ccc(Nc3ccccc3N3CCOCC3)cn2)CC1. The fourth-order valence-corrected chi connectivity index (χ4v) is 3.60. The lowest BCUT2D eigenvalue weighted by Gasteiger charge is -2.32. The number of anilines is 3. The van der Waals surface area contributed by atoms with Gasteiger partial charge in [-0.05, 0) is 24.3 Å². The van der Waals surface area contributed by atoms with Crippen molar-refractivity contribution < 1.29 is 14.3 Å². The van der Waals surface area contributed by atoms with E-state index in [4.69, 9.17) is 4.74 Å². The van der Waals surface area contributed by atoms with Crippen LogP contribution in [0.4, 0.5) is 17.1 Å². The molecule has 0 bridgehead atoms. The van der Waals surface area contributed by atoms with Crippen LogP contribution >= 0.6 is 0 Å². The lowest BCUT2D eigenvalue weighted by atomic mass is 10.2. The van der Waals surface area contributed by atoms with Gasteiger partial charge in [0.25, 0.3) is 5.91 Å². The number of benzene rings is 1. The number of pyridine rings is 1. The maximum Gasteiger partial charge on any atom is 0.272 e. The number of carbonyl (C=O) groups is 2. The molecule has 0 radical (unpaired) electrons. The monoisotopic (exact) mass is 395 g/mol. The average Bonchev–Trinajstić information content (AvgIpc) is 2.80. The Morgan fingerprint density at radius 3 is 2.45 bits per heavy atom. The highest BCUT2D eigenvalue weighted by molar-refractivity contribution is 5.92. The van der Waals surface area contributed by atoms with Gasteiger partial charge in [-0.2, -0.15) is 0 Å². The summed E-state index contributed by atoms with van der Waals surface area (Å²) in [6.45, 7) is 5.38. The third-order valence-electron chi connectivity index (χ3n) is 5.27. The van der Waals surface area contributed by atoms with Crippen LogP contribution in [0.15, 0.2) is 42.6 Å². The summed E-state index contributed by atoms with van der Waals surface area (Å²) in [6, 6.07) is 11.8. The van der Waals surface area contributed by atoms with Gasteiger partial charge < -0.3 is 24.8 Å². The Balaban J connectivity index is 1.43. The van der Waals surface area contributed by atoms with Crippen LogP contribution in [-0.2, 0) is 9.53 Å². The molecular formula is C21H25N5O3. The highest BCUT2D eigenvalue weighted by Gasteiger charge is 2.22. The second kappa shape index (κ2) is 8.91. The highest BCUT2D eigenvalue weighted by atomic mass is 16.5. The van der Waals surface area contributed by atoms with Gasteiger partial charge in [-0.3, -0.25) is 9.59 Å². The van der Waals surface area contributed by atoms with E-state index in [2.05, 4.69) is 21.3 Å². The Morgan fingerprint density at radius 2 is 1.76 bits per heavy atom. The second-order valence-corrected chi connectivity index (χ2v) is 7.11. The minimum absolute atomic E-state index is 0.101. The number of para-hydroxylation sites is 2. The zero-order valence-corrected chi connectivity index (χ0v) is 16.3. The number of nitrogens with one attached hydrogen (secondary N) is 1. The summed E-state index contributed by atoms with van der Waals surface area (Å²) in [7, 11) is 0. The van der Waals surface area contributed by atoms with Crippen molar-refractivity contribution in [3.8, 4) is 0 Å². The van der Waals surface area contributed by atoms with Gasteiger partial charge in [0.1, 0.15) is 5.69 Å². The first-order chi connectivity index (χ1) is 14.2. The number of ether oxygens (including phenoxy) is 1. The molecule has 2 aliphatic heterocycles. The van der Waals surface area contributed by atoms with E-state index in [9.17, 15) is 9.59 Å². The highest BCUT2D eigenvalue weighted by Crippen LogP contribution is 2.29. The number of rotatable bonds is 5. The summed E-state index contributed by atoms with van der Waals surface area (Å²) in [5, 5.41) is 3.41. The molecule has 152 valence electrons. The van der Waals surface area contributed by atoms with E-state index in [-0.39, 0.29) is 5.91 Å². The average molecular weight is 395 g/mol. The van der Waals surface area contributed by atoms with Crippen molar-refractivity contribution >= 4 is 29.4 Å². The van der Waals surface area contributed by atoms with Crippen LogP contribution in [0.25, 0.3) is 0 Å². The van der Waals surface area contributed by atoms with Crippen molar-refractivity contribution in [1.82, 2.24) is 14.8 Å². The van der Waals surface area contributed by atoms with Gasteiger partial charge in [0.05, 0.1) is 36.5 Å². The zero-order valence-electron chi connectivity index (χ0n) is 16.3. The van der Waals surface area contributed by atoms with Crippen LogP contribution in [0, 0.1) is 0 Å². The molecule has 8 heteroatoms. The number of nitrogens with zero attached hydrogens (tertiary/aromatic N) is 4. The first-order valence-corrected chi connectivity index (χ1v) is 9.88. The van der Waals surface area contributed by atoms with Crippen molar-refractivity contribution in [2.45, 2.75) is 0 Å². The molecule has 1 aromatic carbocycles. The molecule has 0 atom stereocenters. The van der Waals surface area contributed by atoms with E-state index in [1.807, 2.05) is 24.3 Å². The Bertz CT molecular complexity index is 844. The summed E-state index contributed by atoms with van der Waals surface area (Å²) < 4.78 is 5.45. The molecule has 2 aliphatic rings. The van der Waals surface area contributed by atoms with Crippen LogP contribution in [0.3, 0.4) is 0 Å². The van der Waals surface area contributed by atoms with Crippen LogP contribution in [0.2, 0.25) is 0 Å². The third-order valence-corrected chi connectivity index (χ3v) is 5.27. The Kier molecular flexibility index (Phi) is 5.90. The number of carbonyl (C=O) groups excluding carboxylic acids is 2. The van der Waals surface area contributed by atoms with E-state index in [0.29, 0.717) is 31.9 Å². The topological polar surface area (TPSA) is 78.0 Å². The van der Waals surface area contributed by atoms with Crippen molar-refractivity contribution in [3.05, 3.63) is 48.3 Å². The summed E-state index contributed by atoms with van der Waals surface area (Å²) in [5.74, 6) is -0.101. The number of aromatic nitrogens is 1. The van der Waals surface area contributed by atoms with E-state index in [1.54, 1.807) is 22.1 Å². The quantitative estimate of drug-likeness (QED) is 0.775. The molecule has 0 unspecified atom stereocenters. The maximum atomic E-state index is 12.6. The summed E-state index contributed by atoms with van der Waals surface area (Å²) >= 11 is 0. The fourth-order valence-electron chi connectivity index (χ4n) is 3.60. The van der Waals surface area contributed by atoms with Gasteiger partial charge in [0.2, 0.25) is 6.41 Å². The minimum Gasteiger partial charge on any atom is -0.378 e. The number of piperazine rings is 1. The largest absolute Gasteiger partial charge is 0.378 e. The molecule has 3 heterocycles. The summed E-state index contributed by atoms with van der Waals surface area (Å²) in [5.41, 5.74) is 3.37. The van der Waals surface area contributed by atoms with Gasteiger partial charge in [0, 0.05) is 39.3 Å². The molecule has 29 heavy (non-hydrogen) atoms. The van der Waals surface area contributed by atoms with Crippen LogP contribution in [0.5, 0.6) is 0 Å². The molecule has 0 aliphatic carbocycles. The fraction of sp³-hybridized carbons (Fsp3) is 0.381. The Hall–Kier alpha value is -3.13. The standard InChI is InChI=1S/C21H25N5O3/c27-16-24-7-9-26(10-8-24)21(28)19-6-5-17(15-22-19)23-18-3-1-2-4-20(18)25-11-13-29-14-12-25/h1-6,15-16,23H,7-14H2. The molecule has 4 rings (SSSR count). The Morgan fingerprint density at radius 1 is 1.00 bits per heavy atom. The summed E-state index contributed by atoms with van der Waals surface area (Å²) in [6.07, 6.45) is 2.51. The van der Waals surface area contributed by atoms with Crippen molar-refractivity contribution in [2.75, 3.05) is 62.7 Å². The van der Waals surface area contributed by atoms with E-state index in [1.165, 1.54) is 0 Å². The maximum absolute atomic E-state index is 12.6. The van der Waals surface area contributed by atoms with Gasteiger partial charge in [-0.25, -0.2) is 4.98 Å². The van der Waals surface area contributed by atoms with Crippen LogP contribution in [0.1, 0.15) is 10.5 Å². The molecule has 0 spiro atoms. The number of morpholine rings is 1. The second-order valence-electron chi connectivity index (χ2n) is 7.11. The van der Waals surface area contributed by atoms with Crippen molar-refractivity contribution in [2.24, 2.45) is 0 Å². The number of amides is 2. The van der Waals surface area contributed by atoms with E-state index in [0.717, 1.165) is 49.8 Å². The molecule has 2 saturated heterocycles. The van der Waals surface area contributed by atoms with E-state index < -0.39 is 0 Å². The van der Waals surface area contributed by atoms with Crippen LogP contribution < -0.4 is 10.2 Å². The smallest absolute Gasteiger partial charge is 0.272 e. The molecule has 2 fully saturated rings. The lowest BCUT2D eigenvalue weighted by Crippen LogP contribution is -2.48. The molecule has 2 aromatic rings. The first kappa shape index (κ1) is 19.2. The normalized spacial score (nSPS) is 17.2. The molecule has 1 aromatic heterocycles. The molecule has 8 nitrogen and oxygen atoms in total. The van der Waals surface area contributed by atoms with Crippen LogP contribution in [-0.4, -0.2) is 79.6 Å². The van der Waals surface area contributed by atoms with Gasteiger partial charge in [0.15, 0.2) is 0 Å². The first-order valence-electron chi connectivity index (χ1n) is 9.88. The molecule has 0 saturated carbocycles. The summed E-state index contributed by atoms with van der Waals surface area (Å²) in [4.78, 5) is 33.5. The minimum atomic E-state index is -0.101. The van der Waals surface area contributed by atoms with Gasteiger partial charge in [-0.15, -0.1) is 0 Å². The van der Waals surface area contributed by atoms with Gasteiger partial charge in [-0.1, -0.05) is 12.1 Å². The van der Waals surface area contributed by atoms with Gasteiger partial charge >= 0.3 is 0 Å². The van der Waals surface area contributed by atoms with E-state index >= 15 is 0 Å². The zero-order chi connectivity index (χ0) is 20.1. The molecular weight excluding hydrogens is 370 g/mol. The lowest BCUT2D eigenvalue weighted by molar-refractivity contribution is -0.119. The predicted octanol–water partition coefficient (Wildman–Crippen LogP) is 1.58. The third kappa shape index (κ3) is 4.48.